The smallest absolute Gasteiger partial charge is 0.434 e. The zero-order valence-corrected chi connectivity index (χ0v) is 7.79. The highest BCUT2D eigenvalue weighted by molar-refractivity contribution is 5.66. The molecule has 0 bridgehead atoms. The molecule has 1 amide bonds. The van der Waals surface area contributed by atoms with Crippen LogP contribution in [0.3, 0.4) is 0 Å². The Kier molecular flexibility index (Phi) is 5.12. The van der Waals surface area contributed by atoms with Crippen LogP contribution in [0.4, 0.5) is 4.79 Å². The van der Waals surface area contributed by atoms with Crippen LogP contribution in [0, 0.1) is 0 Å². The van der Waals surface area contributed by atoms with Gasteiger partial charge in [0, 0.05) is 0 Å². The fraction of sp³-hybridized carbons (Fsp3) is 0.625. The number of nitrogens with zero attached hydrogens (tertiary/aromatic N) is 1. The predicted molar refractivity (Wildman–Crippen MR) is 45.6 cm³/mol. The Balaban J connectivity index is 3.96. The molecule has 0 aromatic rings. The molecule has 0 unspecified atom stereocenters. The van der Waals surface area contributed by atoms with Gasteiger partial charge in [-0.2, -0.15) is 5.06 Å². The average molecular weight is 173 g/mol. The summed E-state index contributed by atoms with van der Waals surface area (Å²) < 4.78 is 4.72. The van der Waals surface area contributed by atoms with Crippen molar-refractivity contribution in [3.63, 3.8) is 0 Å². The standard InChI is InChI=1S/C8H15NO3/c1-5-12-8(10)9(11-4)6-7(2)3/h2,5-6H2,1,3-4H3. The highest BCUT2D eigenvalue weighted by atomic mass is 16.7. The quantitative estimate of drug-likeness (QED) is 0.478. The van der Waals surface area contributed by atoms with Crippen molar-refractivity contribution in [1.82, 2.24) is 5.06 Å². The number of hydrogen-bond donors (Lipinski definition) is 0. The van der Waals surface area contributed by atoms with Gasteiger partial charge >= 0.3 is 6.09 Å². The van der Waals surface area contributed by atoms with Crippen LogP contribution in [-0.4, -0.2) is 31.4 Å². The maximum Gasteiger partial charge on any atom is 0.434 e. The number of ether oxygens (including phenoxy) is 1. The lowest BCUT2D eigenvalue weighted by atomic mass is 10.3. The van der Waals surface area contributed by atoms with Gasteiger partial charge in [0.25, 0.3) is 0 Å². The molecule has 0 saturated heterocycles. The maximum absolute atomic E-state index is 11.0. The summed E-state index contributed by atoms with van der Waals surface area (Å²) >= 11 is 0. The Morgan fingerprint density at radius 1 is 1.58 bits per heavy atom. The second-order valence-corrected chi connectivity index (χ2v) is 2.38. The van der Waals surface area contributed by atoms with Gasteiger partial charge in [-0.15, -0.1) is 0 Å². The fourth-order valence-electron chi connectivity index (χ4n) is 0.644. The summed E-state index contributed by atoms with van der Waals surface area (Å²) in [5, 5.41) is 1.12. The van der Waals surface area contributed by atoms with Gasteiger partial charge in [0.15, 0.2) is 0 Å². The van der Waals surface area contributed by atoms with Crippen molar-refractivity contribution >= 4 is 6.09 Å². The molecule has 0 aromatic heterocycles. The molecule has 4 heteroatoms. The normalized spacial score (nSPS) is 9.25. The van der Waals surface area contributed by atoms with E-state index in [9.17, 15) is 4.79 Å². The molecule has 0 aliphatic rings. The van der Waals surface area contributed by atoms with Crippen LogP contribution in [0.15, 0.2) is 12.2 Å². The number of carbonyl (C=O) groups excluding carboxylic acids is 1. The number of hydroxylamine groups is 2. The van der Waals surface area contributed by atoms with Crippen molar-refractivity contribution in [2.75, 3.05) is 20.3 Å². The third-order valence-corrected chi connectivity index (χ3v) is 1.11. The third kappa shape index (κ3) is 3.98. The van der Waals surface area contributed by atoms with Crippen LogP contribution in [0.5, 0.6) is 0 Å². The summed E-state index contributed by atoms with van der Waals surface area (Å²) in [5.41, 5.74) is 0.838. The summed E-state index contributed by atoms with van der Waals surface area (Å²) in [6, 6.07) is 0. The molecule has 70 valence electrons. The molecule has 0 saturated carbocycles. The van der Waals surface area contributed by atoms with Crippen molar-refractivity contribution < 1.29 is 14.4 Å². The summed E-state index contributed by atoms with van der Waals surface area (Å²) in [6.45, 7) is 7.91. The van der Waals surface area contributed by atoms with Gasteiger partial charge in [0.05, 0.1) is 20.3 Å². The molecule has 0 aliphatic carbocycles. The Hall–Kier alpha value is -1.03. The van der Waals surface area contributed by atoms with E-state index >= 15 is 0 Å². The molecule has 0 aliphatic heterocycles. The lowest BCUT2D eigenvalue weighted by Gasteiger charge is -2.18. The molecule has 0 fully saturated rings. The fourth-order valence-corrected chi connectivity index (χ4v) is 0.644. The zero-order valence-electron chi connectivity index (χ0n) is 7.79. The first-order valence-electron chi connectivity index (χ1n) is 3.74. The molecule has 0 N–H and O–H groups in total. The number of hydrogen-bond acceptors (Lipinski definition) is 3. The minimum absolute atomic E-state index is 0.342. The first-order valence-corrected chi connectivity index (χ1v) is 3.74. The molecule has 0 atom stereocenters. The van der Waals surface area contributed by atoms with Crippen LogP contribution in [0.2, 0.25) is 0 Å². The van der Waals surface area contributed by atoms with Crippen LogP contribution < -0.4 is 0 Å². The minimum Gasteiger partial charge on any atom is -0.448 e. The molecule has 0 heterocycles. The van der Waals surface area contributed by atoms with Gasteiger partial charge < -0.3 is 4.74 Å². The topological polar surface area (TPSA) is 38.8 Å². The van der Waals surface area contributed by atoms with Gasteiger partial charge in [-0.25, -0.2) is 4.79 Å². The molecule has 12 heavy (non-hydrogen) atoms. The lowest BCUT2D eigenvalue weighted by molar-refractivity contribution is -0.103. The SMILES string of the molecule is C=C(C)CN(OC)C(=O)OCC. The van der Waals surface area contributed by atoms with Gasteiger partial charge in [-0.05, 0) is 13.8 Å². The van der Waals surface area contributed by atoms with Crippen LogP contribution in [0.25, 0.3) is 0 Å². The van der Waals surface area contributed by atoms with Crippen molar-refractivity contribution in [2.45, 2.75) is 13.8 Å². The van der Waals surface area contributed by atoms with E-state index < -0.39 is 6.09 Å². The first-order chi connectivity index (χ1) is 5.61. The van der Waals surface area contributed by atoms with E-state index in [2.05, 4.69) is 6.58 Å². The highest BCUT2D eigenvalue weighted by Gasteiger charge is 2.12. The van der Waals surface area contributed by atoms with Gasteiger partial charge in [-0.1, -0.05) is 12.2 Å². The minimum atomic E-state index is -0.483. The molecular formula is C8H15NO3. The van der Waals surface area contributed by atoms with Crippen molar-refractivity contribution in [3.8, 4) is 0 Å². The van der Waals surface area contributed by atoms with E-state index in [1.54, 1.807) is 6.92 Å². The maximum atomic E-state index is 11.0. The summed E-state index contributed by atoms with van der Waals surface area (Å²) in [6.07, 6.45) is -0.483. The molecule has 0 spiro atoms. The first kappa shape index (κ1) is 11.0. The summed E-state index contributed by atoms with van der Waals surface area (Å²) in [5.74, 6) is 0. The second-order valence-electron chi connectivity index (χ2n) is 2.38. The predicted octanol–water partition coefficient (Wildman–Crippen LogP) is 1.58. The van der Waals surface area contributed by atoms with Crippen LogP contribution in [-0.2, 0) is 9.57 Å². The molecular weight excluding hydrogens is 158 g/mol. The number of carbonyl (C=O) groups is 1. The molecule has 4 nitrogen and oxygen atoms in total. The summed E-state index contributed by atoms with van der Waals surface area (Å²) in [7, 11) is 1.42. The van der Waals surface area contributed by atoms with E-state index in [1.807, 2.05) is 6.92 Å². The second kappa shape index (κ2) is 5.60. The average Bonchev–Trinajstić information content (AvgIpc) is 2.00. The highest BCUT2D eigenvalue weighted by Crippen LogP contribution is 1.98. The van der Waals surface area contributed by atoms with E-state index in [1.165, 1.54) is 7.11 Å². The van der Waals surface area contributed by atoms with E-state index in [0.717, 1.165) is 10.6 Å². The van der Waals surface area contributed by atoms with E-state index in [-0.39, 0.29) is 0 Å². The Labute approximate surface area is 72.7 Å². The Bertz CT molecular complexity index is 168. The third-order valence-electron chi connectivity index (χ3n) is 1.11. The Morgan fingerprint density at radius 3 is 2.50 bits per heavy atom. The van der Waals surface area contributed by atoms with Crippen LogP contribution >= 0.6 is 0 Å². The van der Waals surface area contributed by atoms with E-state index in [0.29, 0.717) is 13.2 Å². The van der Waals surface area contributed by atoms with E-state index in [4.69, 9.17) is 9.57 Å². The molecule has 0 aromatic carbocycles. The number of amides is 1. The van der Waals surface area contributed by atoms with Gasteiger partial charge in [0.1, 0.15) is 0 Å². The largest absolute Gasteiger partial charge is 0.448 e. The van der Waals surface area contributed by atoms with Crippen molar-refractivity contribution in [3.05, 3.63) is 12.2 Å². The van der Waals surface area contributed by atoms with Gasteiger partial charge in [-0.3, -0.25) is 4.84 Å². The number of rotatable bonds is 4. The zero-order chi connectivity index (χ0) is 9.56. The molecule has 0 radical (unpaired) electrons. The monoisotopic (exact) mass is 173 g/mol. The lowest BCUT2D eigenvalue weighted by Crippen LogP contribution is -2.31. The van der Waals surface area contributed by atoms with Crippen LogP contribution in [0.1, 0.15) is 13.8 Å². The van der Waals surface area contributed by atoms with Crippen molar-refractivity contribution in [1.29, 1.82) is 0 Å². The van der Waals surface area contributed by atoms with Gasteiger partial charge in [0.2, 0.25) is 0 Å². The summed E-state index contributed by atoms with van der Waals surface area (Å²) in [4.78, 5) is 15.8. The van der Waals surface area contributed by atoms with Crippen molar-refractivity contribution in [2.24, 2.45) is 0 Å². The Morgan fingerprint density at radius 2 is 2.17 bits per heavy atom. The molecule has 0 rings (SSSR count).